The largest absolute Gasteiger partial charge is 0.473 e. The summed E-state index contributed by atoms with van der Waals surface area (Å²) in [5.74, 6) is 0.608. The summed E-state index contributed by atoms with van der Waals surface area (Å²) >= 11 is 3.38. The van der Waals surface area contributed by atoms with E-state index in [0.717, 1.165) is 30.5 Å². The van der Waals surface area contributed by atoms with Crippen LogP contribution in [-0.4, -0.2) is 24.3 Å². The molecule has 1 aromatic heterocycles. The van der Waals surface area contributed by atoms with Crippen LogP contribution < -0.4 is 10.5 Å². The van der Waals surface area contributed by atoms with E-state index in [4.69, 9.17) is 15.2 Å². The Kier molecular flexibility index (Phi) is 3.43. The minimum atomic E-state index is 0.200. The fourth-order valence-electron chi connectivity index (χ4n) is 1.48. The van der Waals surface area contributed by atoms with Crippen molar-refractivity contribution in [3.05, 3.63) is 16.7 Å². The van der Waals surface area contributed by atoms with Gasteiger partial charge in [-0.2, -0.15) is 0 Å². The lowest BCUT2D eigenvalue weighted by Gasteiger charge is -2.23. The smallest absolute Gasteiger partial charge is 0.228 e. The lowest BCUT2D eigenvalue weighted by molar-refractivity contribution is 0.0234. The topological polar surface area (TPSA) is 57.4 Å². The molecule has 1 saturated heterocycles. The zero-order chi connectivity index (χ0) is 10.7. The number of nitrogens with zero attached hydrogens (tertiary/aromatic N) is 1. The van der Waals surface area contributed by atoms with Crippen molar-refractivity contribution in [1.29, 1.82) is 0 Å². The van der Waals surface area contributed by atoms with Gasteiger partial charge in [-0.05, 0) is 22.0 Å². The van der Waals surface area contributed by atoms with E-state index < -0.39 is 0 Å². The monoisotopic (exact) mass is 272 g/mol. The van der Waals surface area contributed by atoms with Crippen molar-refractivity contribution in [2.75, 3.05) is 18.9 Å². The first-order valence-electron chi connectivity index (χ1n) is 4.91. The molecule has 5 heteroatoms. The Morgan fingerprint density at radius 1 is 1.47 bits per heavy atom. The van der Waals surface area contributed by atoms with E-state index in [2.05, 4.69) is 20.9 Å². The standard InChI is InChI=1S/C10H13BrN2O2/c11-9-5-7(12)6-13-10(9)15-8-1-3-14-4-2-8/h5-6,8H,1-4,12H2. The highest BCUT2D eigenvalue weighted by Crippen LogP contribution is 2.26. The van der Waals surface area contributed by atoms with Crippen LogP contribution in [-0.2, 0) is 4.74 Å². The van der Waals surface area contributed by atoms with E-state index in [9.17, 15) is 0 Å². The molecule has 0 aromatic carbocycles. The maximum Gasteiger partial charge on any atom is 0.228 e. The number of nitrogen functional groups attached to an aromatic ring is 1. The molecule has 0 unspecified atom stereocenters. The minimum Gasteiger partial charge on any atom is -0.473 e. The average Bonchev–Trinajstić information content (AvgIpc) is 2.24. The van der Waals surface area contributed by atoms with Gasteiger partial charge in [0.05, 0.1) is 29.6 Å². The van der Waals surface area contributed by atoms with Crippen molar-refractivity contribution in [3.8, 4) is 5.88 Å². The molecule has 82 valence electrons. The molecule has 0 saturated carbocycles. The number of ether oxygens (including phenoxy) is 2. The molecule has 4 nitrogen and oxygen atoms in total. The van der Waals surface area contributed by atoms with Crippen molar-refractivity contribution in [2.45, 2.75) is 18.9 Å². The Balaban J connectivity index is 2.03. The van der Waals surface area contributed by atoms with Gasteiger partial charge in [-0.3, -0.25) is 0 Å². The molecule has 0 amide bonds. The number of halogens is 1. The van der Waals surface area contributed by atoms with Crippen molar-refractivity contribution in [3.63, 3.8) is 0 Å². The molecular weight excluding hydrogens is 260 g/mol. The molecule has 2 heterocycles. The number of hydrogen-bond acceptors (Lipinski definition) is 4. The van der Waals surface area contributed by atoms with Gasteiger partial charge < -0.3 is 15.2 Å². The van der Waals surface area contributed by atoms with Gasteiger partial charge in [-0.15, -0.1) is 0 Å². The van der Waals surface area contributed by atoms with Gasteiger partial charge in [0.1, 0.15) is 6.10 Å². The lowest BCUT2D eigenvalue weighted by atomic mass is 10.1. The van der Waals surface area contributed by atoms with Gasteiger partial charge in [-0.25, -0.2) is 4.98 Å². The lowest BCUT2D eigenvalue weighted by Crippen LogP contribution is -2.26. The molecule has 0 radical (unpaired) electrons. The third kappa shape index (κ3) is 2.82. The molecule has 2 rings (SSSR count). The van der Waals surface area contributed by atoms with E-state index in [1.165, 1.54) is 0 Å². The summed E-state index contributed by atoms with van der Waals surface area (Å²) in [4.78, 5) is 4.14. The Morgan fingerprint density at radius 2 is 2.20 bits per heavy atom. The summed E-state index contributed by atoms with van der Waals surface area (Å²) in [5.41, 5.74) is 6.22. The zero-order valence-electron chi connectivity index (χ0n) is 8.28. The summed E-state index contributed by atoms with van der Waals surface area (Å²) in [5, 5.41) is 0. The van der Waals surface area contributed by atoms with Crippen LogP contribution in [0.2, 0.25) is 0 Å². The highest BCUT2D eigenvalue weighted by molar-refractivity contribution is 9.10. The predicted molar refractivity (Wildman–Crippen MR) is 60.8 cm³/mol. The molecule has 0 aliphatic carbocycles. The maximum absolute atomic E-state index is 5.75. The van der Waals surface area contributed by atoms with Crippen LogP contribution >= 0.6 is 15.9 Å². The fourth-order valence-corrected chi connectivity index (χ4v) is 1.94. The first kappa shape index (κ1) is 10.7. The number of pyridine rings is 1. The molecule has 0 spiro atoms. The second-order valence-corrected chi connectivity index (χ2v) is 4.34. The highest BCUT2D eigenvalue weighted by atomic mass is 79.9. The van der Waals surface area contributed by atoms with Crippen LogP contribution in [0, 0.1) is 0 Å². The molecule has 2 N–H and O–H groups in total. The number of aromatic nitrogens is 1. The Bertz CT molecular complexity index is 340. The summed E-state index contributed by atoms with van der Waals surface area (Å²) in [7, 11) is 0. The Morgan fingerprint density at radius 3 is 2.87 bits per heavy atom. The van der Waals surface area contributed by atoms with Crippen molar-refractivity contribution in [2.24, 2.45) is 0 Å². The van der Waals surface area contributed by atoms with E-state index >= 15 is 0 Å². The first-order valence-corrected chi connectivity index (χ1v) is 5.70. The summed E-state index contributed by atoms with van der Waals surface area (Å²) in [6.45, 7) is 1.52. The zero-order valence-corrected chi connectivity index (χ0v) is 9.87. The molecule has 1 aromatic rings. The minimum absolute atomic E-state index is 0.200. The van der Waals surface area contributed by atoms with Gasteiger partial charge in [-0.1, -0.05) is 0 Å². The highest BCUT2D eigenvalue weighted by Gasteiger charge is 2.17. The van der Waals surface area contributed by atoms with Crippen LogP contribution in [0.4, 0.5) is 5.69 Å². The van der Waals surface area contributed by atoms with Crippen molar-refractivity contribution in [1.82, 2.24) is 4.98 Å². The second-order valence-electron chi connectivity index (χ2n) is 3.49. The predicted octanol–water partition coefficient (Wildman–Crippen LogP) is 1.98. The van der Waals surface area contributed by atoms with E-state index in [1.54, 1.807) is 12.3 Å². The van der Waals surface area contributed by atoms with Gasteiger partial charge in [0.25, 0.3) is 0 Å². The second kappa shape index (κ2) is 4.81. The molecule has 1 aliphatic rings. The summed E-state index contributed by atoms with van der Waals surface area (Å²) in [6.07, 6.45) is 3.63. The van der Waals surface area contributed by atoms with Crippen LogP contribution in [0.1, 0.15) is 12.8 Å². The van der Waals surface area contributed by atoms with Gasteiger partial charge in [0.2, 0.25) is 5.88 Å². The quantitative estimate of drug-likeness (QED) is 0.895. The molecular formula is C10H13BrN2O2. The summed E-state index contributed by atoms with van der Waals surface area (Å²) in [6, 6.07) is 1.79. The van der Waals surface area contributed by atoms with E-state index in [1.807, 2.05) is 0 Å². The SMILES string of the molecule is Nc1cnc(OC2CCOCC2)c(Br)c1. The first-order chi connectivity index (χ1) is 7.25. The Hall–Kier alpha value is -0.810. The number of nitrogens with two attached hydrogens (primary N) is 1. The third-order valence-electron chi connectivity index (χ3n) is 2.28. The van der Waals surface area contributed by atoms with Crippen LogP contribution in [0.25, 0.3) is 0 Å². The van der Waals surface area contributed by atoms with Crippen LogP contribution in [0.5, 0.6) is 5.88 Å². The Labute approximate surface area is 96.9 Å². The van der Waals surface area contributed by atoms with Crippen molar-refractivity contribution >= 4 is 21.6 Å². The van der Waals surface area contributed by atoms with E-state index in [-0.39, 0.29) is 6.10 Å². The van der Waals surface area contributed by atoms with E-state index in [0.29, 0.717) is 11.6 Å². The molecule has 0 atom stereocenters. The number of rotatable bonds is 2. The third-order valence-corrected chi connectivity index (χ3v) is 2.84. The van der Waals surface area contributed by atoms with Crippen LogP contribution in [0.3, 0.4) is 0 Å². The summed E-state index contributed by atoms with van der Waals surface area (Å²) < 4.78 is 11.8. The average molecular weight is 273 g/mol. The van der Waals surface area contributed by atoms with Crippen LogP contribution in [0.15, 0.2) is 16.7 Å². The molecule has 0 bridgehead atoms. The normalized spacial score (nSPS) is 17.7. The van der Waals surface area contributed by atoms with Gasteiger partial charge >= 0.3 is 0 Å². The molecule has 15 heavy (non-hydrogen) atoms. The van der Waals surface area contributed by atoms with Gasteiger partial charge in [0, 0.05) is 12.8 Å². The molecule has 1 fully saturated rings. The van der Waals surface area contributed by atoms with Crippen molar-refractivity contribution < 1.29 is 9.47 Å². The fraction of sp³-hybridized carbons (Fsp3) is 0.500. The number of anilines is 1. The van der Waals surface area contributed by atoms with Gasteiger partial charge in [0.15, 0.2) is 0 Å². The molecule has 1 aliphatic heterocycles. The maximum atomic E-state index is 5.75. The number of hydrogen-bond donors (Lipinski definition) is 1.